The third-order valence-corrected chi connectivity index (χ3v) is 3.17. The molecule has 0 saturated carbocycles. The van der Waals surface area contributed by atoms with E-state index in [0.29, 0.717) is 12.2 Å². The van der Waals surface area contributed by atoms with Crippen LogP contribution >= 0.6 is 0 Å². The van der Waals surface area contributed by atoms with Crippen molar-refractivity contribution in [2.24, 2.45) is 5.73 Å². The summed E-state index contributed by atoms with van der Waals surface area (Å²) in [5, 5.41) is 19.7. The summed E-state index contributed by atoms with van der Waals surface area (Å²) in [6.07, 6.45) is 1.94. The molecule has 0 saturated heterocycles. The number of nitrogens with zero attached hydrogens (tertiary/aromatic N) is 1. The minimum atomic E-state index is -5.02. The molecule has 0 heterocycles. The molecule has 0 fully saturated rings. The van der Waals surface area contributed by atoms with Gasteiger partial charge in [-0.2, -0.15) is 8.42 Å². The van der Waals surface area contributed by atoms with Crippen molar-refractivity contribution in [3.05, 3.63) is 34.1 Å². The zero-order valence-corrected chi connectivity index (χ0v) is 8.09. The van der Waals surface area contributed by atoms with Gasteiger partial charge in [0.25, 0.3) is 0 Å². The van der Waals surface area contributed by atoms with Gasteiger partial charge in [0.05, 0.1) is 17.0 Å². The second-order valence-electron chi connectivity index (χ2n) is 2.94. The van der Waals surface area contributed by atoms with E-state index in [1.54, 1.807) is 0 Å². The van der Waals surface area contributed by atoms with Crippen LogP contribution in [0.25, 0.3) is 0 Å². The van der Waals surface area contributed by atoms with Crippen molar-refractivity contribution in [3.8, 4) is 0 Å². The molecule has 8 nitrogen and oxygen atoms in total. The monoisotopic (exact) mass is 236 g/mol. The summed E-state index contributed by atoms with van der Waals surface area (Å²) in [4.78, 5) is 6.50. The Balaban J connectivity index is 3.42. The standard InChI is InChI=1S/C6H8N2O6S/c7-4-1-2-6(8(10)11,3-5(4)9)15(12,13)14/h1-4,9H,7H2,(H,12,13,14). The van der Waals surface area contributed by atoms with Gasteiger partial charge in [0, 0.05) is 6.08 Å². The highest BCUT2D eigenvalue weighted by atomic mass is 32.2. The average molecular weight is 236 g/mol. The topological polar surface area (TPSA) is 144 Å². The van der Waals surface area contributed by atoms with Crippen molar-refractivity contribution in [2.75, 3.05) is 0 Å². The SMILES string of the molecule is NC1C=CC([N+](=O)[O-])(S(=O)(=O)O)C=C1O. The lowest BCUT2D eigenvalue weighted by atomic mass is 10.1. The number of aliphatic hydroxyl groups excluding tert-OH is 1. The van der Waals surface area contributed by atoms with Crippen molar-refractivity contribution >= 4 is 10.1 Å². The Labute approximate surface area is 84.6 Å². The summed E-state index contributed by atoms with van der Waals surface area (Å²) < 4.78 is 30.5. The minimum absolute atomic E-state index is 0.396. The number of nitro groups is 1. The van der Waals surface area contributed by atoms with Crippen LogP contribution in [0.1, 0.15) is 0 Å². The molecule has 2 atom stereocenters. The van der Waals surface area contributed by atoms with Crippen molar-refractivity contribution < 1.29 is 23.0 Å². The number of nitrogens with two attached hydrogens (primary N) is 1. The molecule has 1 aliphatic rings. The molecule has 0 amide bonds. The Kier molecular flexibility index (Phi) is 2.55. The molecule has 84 valence electrons. The van der Waals surface area contributed by atoms with Gasteiger partial charge in [-0.25, -0.2) is 0 Å². The van der Waals surface area contributed by atoms with E-state index >= 15 is 0 Å². The summed E-state index contributed by atoms with van der Waals surface area (Å²) in [5.74, 6) is -0.688. The van der Waals surface area contributed by atoms with Gasteiger partial charge in [0.2, 0.25) is 0 Å². The summed E-state index contributed by atoms with van der Waals surface area (Å²) >= 11 is 0. The van der Waals surface area contributed by atoms with Crippen molar-refractivity contribution in [1.29, 1.82) is 0 Å². The van der Waals surface area contributed by atoms with E-state index in [1.165, 1.54) is 0 Å². The van der Waals surface area contributed by atoms with E-state index in [0.717, 1.165) is 6.08 Å². The fourth-order valence-corrected chi connectivity index (χ4v) is 1.77. The van der Waals surface area contributed by atoms with Crippen molar-refractivity contribution in [1.82, 2.24) is 0 Å². The van der Waals surface area contributed by atoms with Crippen LogP contribution in [0.2, 0.25) is 0 Å². The maximum Gasteiger partial charge on any atom is 0.383 e. The minimum Gasteiger partial charge on any atom is -0.510 e. The Bertz CT molecular complexity index is 452. The Morgan fingerprint density at radius 2 is 2.13 bits per heavy atom. The molecule has 0 radical (unpaired) electrons. The third-order valence-electron chi connectivity index (χ3n) is 1.94. The molecule has 1 aliphatic carbocycles. The molecule has 0 aromatic rings. The van der Waals surface area contributed by atoms with E-state index in [4.69, 9.17) is 15.4 Å². The summed E-state index contributed by atoms with van der Waals surface area (Å²) in [5.41, 5.74) is 5.24. The smallest absolute Gasteiger partial charge is 0.383 e. The Hall–Kier alpha value is -1.45. The third kappa shape index (κ3) is 1.71. The fourth-order valence-electron chi connectivity index (χ4n) is 1.06. The molecule has 15 heavy (non-hydrogen) atoms. The first kappa shape index (κ1) is 11.6. The molecular weight excluding hydrogens is 228 g/mol. The number of rotatable bonds is 2. The highest BCUT2D eigenvalue weighted by molar-refractivity contribution is 7.87. The van der Waals surface area contributed by atoms with Crippen LogP contribution in [0.3, 0.4) is 0 Å². The first-order valence-electron chi connectivity index (χ1n) is 3.69. The molecule has 0 bridgehead atoms. The molecule has 4 N–H and O–H groups in total. The first-order valence-corrected chi connectivity index (χ1v) is 5.13. The normalized spacial score (nSPS) is 31.1. The van der Waals surface area contributed by atoms with E-state index < -0.39 is 31.7 Å². The van der Waals surface area contributed by atoms with Crippen molar-refractivity contribution in [3.63, 3.8) is 0 Å². The van der Waals surface area contributed by atoms with Gasteiger partial charge in [-0.05, 0) is 0 Å². The van der Waals surface area contributed by atoms with E-state index in [9.17, 15) is 18.5 Å². The van der Waals surface area contributed by atoms with E-state index in [2.05, 4.69) is 0 Å². The highest BCUT2D eigenvalue weighted by Gasteiger charge is 2.53. The molecule has 0 aromatic heterocycles. The molecule has 9 heteroatoms. The predicted molar refractivity (Wildman–Crippen MR) is 49.1 cm³/mol. The van der Waals surface area contributed by atoms with Gasteiger partial charge in [0.1, 0.15) is 5.76 Å². The number of aliphatic hydroxyl groups is 1. The van der Waals surface area contributed by atoms with Gasteiger partial charge in [-0.15, -0.1) is 0 Å². The maximum absolute atomic E-state index is 10.9. The molecule has 0 aliphatic heterocycles. The van der Waals surface area contributed by atoms with Crippen LogP contribution in [0.15, 0.2) is 24.0 Å². The van der Waals surface area contributed by atoms with Gasteiger partial charge in [0.15, 0.2) is 0 Å². The fraction of sp³-hybridized carbons (Fsp3) is 0.333. The van der Waals surface area contributed by atoms with Gasteiger partial charge in [-0.1, -0.05) is 6.08 Å². The van der Waals surface area contributed by atoms with Crippen LogP contribution in [-0.2, 0) is 10.1 Å². The molecule has 0 aromatic carbocycles. The second-order valence-corrected chi connectivity index (χ2v) is 4.54. The highest BCUT2D eigenvalue weighted by Crippen LogP contribution is 2.26. The molecule has 2 unspecified atom stereocenters. The second kappa shape index (κ2) is 3.29. The molecule has 1 rings (SSSR count). The first-order chi connectivity index (χ1) is 6.71. The lowest BCUT2D eigenvalue weighted by molar-refractivity contribution is -0.515. The lowest BCUT2D eigenvalue weighted by Crippen LogP contribution is -2.45. The van der Waals surface area contributed by atoms with Gasteiger partial charge < -0.3 is 10.8 Å². The zero-order chi connectivity index (χ0) is 11.9. The van der Waals surface area contributed by atoms with Crippen LogP contribution in [0.4, 0.5) is 0 Å². The van der Waals surface area contributed by atoms with Crippen LogP contribution in [-0.4, -0.2) is 33.9 Å². The predicted octanol–water partition coefficient (Wildman–Crippen LogP) is -0.814. The van der Waals surface area contributed by atoms with E-state index in [1.807, 2.05) is 0 Å². The number of hydrogen-bond donors (Lipinski definition) is 3. The van der Waals surface area contributed by atoms with Gasteiger partial charge >= 0.3 is 15.0 Å². The Morgan fingerprint density at radius 1 is 1.60 bits per heavy atom. The van der Waals surface area contributed by atoms with Crippen LogP contribution in [0.5, 0.6) is 0 Å². The van der Waals surface area contributed by atoms with Crippen molar-refractivity contribution in [2.45, 2.75) is 10.9 Å². The summed E-state index contributed by atoms with van der Waals surface area (Å²) in [6, 6.07) is -1.01. The van der Waals surface area contributed by atoms with E-state index in [-0.39, 0.29) is 0 Å². The van der Waals surface area contributed by atoms with Crippen LogP contribution < -0.4 is 5.73 Å². The molecular formula is C6H8N2O6S. The van der Waals surface area contributed by atoms with Crippen LogP contribution in [0, 0.1) is 10.1 Å². The Morgan fingerprint density at radius 3 is 2.47 bits per heavy atom. The quantitative estimate of drug-likeness (QED) is 0.246. The summed E-state index contributed by atoms with van der Waals surface area (Å²) in [7, 11) is -5.02. The number of hydrogen-bond acceptors (Lipinski definition) is 6. The lowest BCUT2D eigenvalue weighted by Gasteiger charge is -2.20. The zero-order valence-electron chi connectivity index (χ0n) is 7.27. The maximum atomic E-state index is 10.9. The molecule has 0 spiro atoms. The largest absolute Gasteiger partial charge is 0.510 e. The summed E-state index contributed by atoms with van der Waals surface area (Å²) in [6.45, 7) is 0. The van der Waals surface area contributed by atoms with Gasteiger partial charge in [-0.3, -0.25) is 14.7 Å². The average Bonchev–Trinajstić information content (AvgIpc) is 2.07.